The first-order valence-corrected chi connectivity index (χ1v) is 5.39. The Morgan fingerprint density at radius 3 is 2.20 bits per heavy atom. The first-order valence-electron chi connectivity index (χ1n) is 5.39. The van der Waals surface area contributed by atoms with Gasteiger partial charge in [-0.3, -0.25) is 14.5 Å². The average Bonchev–Trinajstić information content (AvgIpc) is 2.11. The van der Waals surface area contributed by atoms with E-state index in [1.807, 2.05) is 20.8 Å². The molecule has 2 amide bonds. The largest absolute Gasteiger partial charge is 0.330 e. The van der Waals surface area contributed by atoms with Crippen LogP contribution in [-0.4, -0.2) is 29.8 Å². The second-order valence-corrected chi connectivity index (χ2v) is 5.26. The molecule has 4 heteroatoms. The number of imide groups is 1. The number of hydrogen-bond donors (Lipinski definition) is 1. The molecule has 0 atom stereocenters. The molecule has 0 aliphatic carbocycles. The Hall–Kier alpha value is -0.900. The standard InChI is InChI=1S/C11H20N2O2/c1-8-4-9(14)13(10(15)5-8)7-11(2,3)6-12/h8H,4-7,12H2,1-3H3. The van der Waals surface area contributed by atoms with Crippen molar-refractivity contribution in [3.63, 3.8) is 0 Å². The van der Waals surface area contributed by atoms with Crippen molar-refractivity contribution in [1.29, 1.82) is 0 Å². The van der Waals surface area contributed by atoms with E-state index in [4.69, 9.17) is 5.73 Å². The van der Waals surface area contributed by atoms with E-state index in [2.05, 4.69) is 0 Å². The highest BCUT2D eigenvalue weighted by atomic mass is 16.2. The number of amides is 2. The molecule has 1 rings (SSSR count). The van der Waals surface area contributed by atoms with Crippen LogP contribution in [0.4, 0.5) is 0 Å². The van der Waals surface area contributed by atoms with Crippen LogP contribution in [0.2, 0.25) is 0 Å². The van der Waals surface area contributed by atoms with Crippen LogP contribution < -0.4 is 5.73 Å². The van der Waals surface area contributed by atoms with E-state index in [0.29, 0.717) is 25.9 Å². The summed E-state index contributed by atoms with van der Waals surface area (Å²) in [4.78, 5) is 24.7. The lowest BCUT2D eigenvalue weighted by molar-refractivity contribution is -0.151. The zero-order valence-corrected chi connectivity index (χ0v) is 9.75. The lowest BCUT2D eigenvalue weighted by Crippen LogP contribution is -2.48. The molecule has 0 unspecified atom stereocenters. The maximum absolute atomic E-state index is 11.7. The fourth-order valence-corrected chi connectivity index (χ4v) is 1.70. The molecule has 0 saturated carbocycles. The van der Waals surface area contributed by atoms with E-state index in [1.54, 1.807) is 0 Å². The van der Waals surface area contributed by atoms with Crippen molar-refractivity contribution in [1.82, 2.24) is 4.90 Å². The maximum Gasteiger partial charge on any atom is 0.229 e. The van der Waals surface area contributed by atoms with Crippen molar-refractivity contribution in [3.05, 3.63) is 0 Å². The second kappa shape index (κ2) is 4.31. The van der Waals surface area contributed by atoms with Gasteiger partial charge in [0.05, 0.1) is 0 Å². The summed E-state index contributed by atoms with van der Waals surface area (Å²) in [7, 11) is 0. The van der Waals surface area contributed by atoms with Crippen LogP contribution in [0.15, 0.2) is 0 Å². The van der Waals surface area contributed by atoms with Crippen molar-refractivity contribution in [2.75, 3.05) is 13.1 Å². The van der Waals surface area contributed by atoms with Gasteiger partial charge in [-0.2, -0.15) is 0 Å². The fraction of sp³-hybridized carbons (Fsp3) is 0.818. The Morgan fingerprint density at radius 2 is 1.80 bits per heavy atom. The molecule has 2 N–H and O–H groups in total. The molecule has 1 fully saturated rings. The van der Waals surface area contributed by atoms with E-state index in [-0.39, 0.29) is 23.1 Å². The summed E-state index contributed by atoms with van der Waals surface area (Å²) in [5.74, 6) is 0.0720. The quantitative estimate of drug-likeness (QED) is 0.702. The van der Waals surface area contributed by atoms with Gasteiger partial charge in [-0.1, -0.05) is 20.8 Å². The molecule has 0 aromatic carbocycles. The van der Waals surface area contributed by atoms with Gasteiger partial charge in [0.2, 0.25) is 11.8 Å². The van der Waals surface area contributed by atoms with Crippen molar-refractivity contribution >= 4 is 11.8 Å². The number of hydrogen-bond acceptors (Lipinski definition) is 3. The number of likely N-dealkylation sites (tertiary alicyclic amines) is 1. The van der Waals surface area contributed by atoms with Crippen molar-refractivity contribution in [3.8, 4) is 0 Å². The zero-order valence-electron chi connectivity index (χ0n) is 9.75. The summed E-state index contributed by atoms with van der Waals surface area (Å²) in [5.41, 5.74) is 5.40. The highest BCUT2D eigenvalue weighted by Gasteiger charge is 2.33. The molecule has 0 aromatic rings. The molecule has 4 nitrogen and oxygen atoms in total. The van der Waals surface area contributed by atoms with Crippen LogP contribution in [-0.2, 0) is 9.59 Å². The molecule has 0 aromatic heterocycles. The van der Waals surface area contributed by atoms with Crippen molar-refractivity contribution < 1.29 is 9.59 Å². The number of nitrogens with zero attached hydrogens (tertiary/aromatic N) is 1. The van der Waals surface area contributed by atoms with E-state index < -0.39 is 0 Å². The molecule has 1 aliphatic heterocycles. The molecule has 1 heterocycles. The molecular weight excluding hydrogens is 192 g/mol. The normalized spacial score (nSPS) is 19.9. The van der Waals surface area contributed by atoms with Gasteiger partial charge < -0.3 is 5.73 Å². The predicted octanol–water partition coefficient (Wildman–Crippen LogP) is 0.756. The Labute approximate surface area is 90.8 Å². The third-order valence-corrected chi connectivity index (χ3v) is 2.79. The van der Waals surface area contributed by atoms with Gasteiger partial charge in [-0.15, -0.1) is 0 Å². The Bertz CT molecular complexity index is 256. The lowest BCUT2D eigenvalue weighted by Gasteiger charge is -2.34. The molecule has 0 bridgehead atoms. The molecule has 0 spiro atoms. The smallest absolute Gasteiger partial charge is 0.229 e. The van der Waals surface area contributed by atoms with Crippen LogP contribution in [0.1, 0.15) is 33.6 Å². The summed E-state index contributed by atoms with van der Waals surface area (Å²) < 4.78 is 0. The number of carbonyl (C=O) groups is 2. The number of carbonyl (C=O) groups excluding carboxylic acids is 2. The first kappa shape index (κ1) is 12.2. The van der Waals surface area contributed by atoms with E-state index >= 15 is 0 Å². The summed E-state index contributed by atoms with van der Waals surface area (Å²) >= 11 is 0. The van der Waals surface area contributed by atoms with Crippen molar-refractivity contribution in [2.45, 2.75) is 33.6 Å². The maximum atomic E-state index is 11.7. The van der Waals surface area contributed by atoms with E-state index in [9.17, 15) is 9.59 Å². The van der Waals surface area contributed by atoms with Crippen LogP contribution in [0, 0.1) is 11.3 Å². The summed E-state index contributed by atoms with van der Waals surface area (Å²) in [6, 6.07) is 0. The molecule has 1 saturated heterocycles. The van der Waals surface area contributed by atoms with Gasteiger partial charge in [-0.05, 0) is 17.9 Å². The highest BCUT2D eigenvalue weighted by molar-refractivity contribution is 5.97. The van der Waals surface area contributed by atoms with Gasteiger partial charge in [0.25, 0.3) is 0 Å². The molecular formula is C11H20N2O2. The molecule has 86 valence electrons. The summed E-state index contributed by atoms with van der Waals surface area (Å²) in [6.07, 6.45) is 0.957. The SMILES string of the molecule is CC1CC(=O)N(CC(C)(C)CN)C(=O)C1. The minimum Gasteiger partial charge on any atom is -0.330 e. The first-order chi connectivity index (χ1) is 6.85. The minimum atomic E-state index is -0.189. The van der Waals surface area contributed by atoms with Crippen LogP contribution in [0.25, 0.3) is 0 Å². The molecule has 1 aliphatic rings. The Balaban J connectivity index is 2.69. The molecule has 15 heavy (non-hydrogen) atoms. The van der Waals surface area contributed by atoms with Crippen LogP contribution in [0.3, 0.4) is 0 Å². The van der Waals surface area contributed by atoms with E-state index in [1.165, 1.54) is 4.90 Å². The Kier molecular flexibility index (Phi) is 3.50. The minimum absolute atomic E-state index is 0.0553. The third kappa shape index (κ3) is 3.02. The monoisotopic (exact) mass is 212 g/mol. The second-order valence-electron chi connectivity index (χ2n) is 5.26. The summed E-state index contributed by atoms with van der Waals surface area (Å²) in [5, 5.41) is 0. The van der Waals surface area contributed by atoms with Gasteiger partial charge in [0.1, 0.15) is 0 Å². The number of nitrogens with two attached hydrogens (primary N) is 1. The van der Waals surface area contributed by atoms with Gasteiger partial charge in [-0.25, -0.2) is 0 Å². The average molecular weight is 212 g/mol. The van der Waals surface area contributed by atoms with Gasteiger partial charge >= 0.3 is 0 Å². The Morgan fingerprint density at radius 1 is 1.33 bits per heavy atom. The molecule has 0 radical (unpaired) electrons. The van der Waals surface area contributed by atoms with Crippen LogP contribution >= 0.6 is 0 Å². The topological polar surface area (TPSA) is 63.4 Å². The lowest BCUT2D eigenvalue weighted by atomic mass is 9.90. The third-order valence-electron chi connectivity index (χ3n) is 2.79. The summed E-state index contributed by atoms with van der Waals surface area (Å²) in [6.45, 7) is 6.77. The van der Waals surface area contributed by atoms with Gasteiger partial charge in [0.15, 0.2) is 0 Å². The fourth-order valence-electron chi connectivity index (χ4n) is 1.70. The van der Waals surface area contributed by atoms with E-state index in [0.717, 1.165) is 0 Å². The van der Waals surface area contributed by atoms with Gasteiger partial charge in [0, 0.05) is 19.4 Å². The number of piperidine rings is 1. The highest BCUT2D eigenvalue weighted by Crippen LogP contribution is 2.23. The predicted molar refractivity (Wildman–Crippen MR) is 58.0 cm³/mol. The van der Waals surface area contributed by atoms with Crippen molar-refractivity contribution in [2.24, 2.45) is 17.1 Å². The number of rotatable bonds is 3. The van der Waals surface area contributed by atoms with Crippen LogP contribution in [0.5, 0.6) is 0 Å². The zero-order chi connectivity index (χ0) is 11.6.